The molecule has 1 saturated carbocycles. The molecular weight excluding hydrogens is 202 g/mol. The second kappa shape index (κ2) is 8.04. The zero-order valence-corrected chi connectivity index (χ0v) is 10.7. The summed E-state index contributed by atoms with van der Waals surface area (Å²) >= 11 is 0. The molecule has 1 aliphatic rings. The Hall–Kier alpha value is -0.120. The Bertz CT molecular complexity index is 165. The van der Waals surface area contributed by atoms with Crippen molar-refractivity contribution in [3.8, 4) is 0 Å². The van der Waals surface area contributed by atoms with Gasteiger partial charge in [0.05, 0.1) is 13.2 Å². The molecule has 0 unspecified atom stereocenters. The molecule has 0 radical (unpaired) electrons. The van der Waals surface area contributed by atoms with Gasteiger partial charge in [-0.1, -0.05) is 25.7 Å². The lowest BCUT2D eigenvalue weighted by Crippen LogP contribution is -2.31. The van der Waals surface area contributed by atoms with E-state index in [1.54, 1.807) is 7.11 Å². The van der Waals surface area contributed by atoms with E-state index in [1.807, 2.05) is 0 Å². The molecule has 16 heavy (non-hydrogen) atoms. The molecule has 0 aromatic rings. The summed E-state index contributed by atoms with van der Waals surface area (Å²) in [5.74, 6) is 0. The van der Waals surface area contributed by atoms with Gasteiger partial charge in [-0.05, 0) is 31.2 Å². The van der Waals surface area contributed by atoms with Crippen LogP contribution in [-0.4, -0.2) is 33.5 Å². The summed E-state index contributed by atoms with van der Waals surface area (Å²) in [4.78, 5) is 0. The van der Waals surface area contributed by atoms with Gasteiger partial charge in [-0.25, -0.2) is 0 Å². The fourth-order valence-corrected chi connectivity index (χ4v) is 2.57. The first-order valence-corrected chi connectivity index (χ1v) is 6.60. The summed E-state index contributed by atoms with van der Waals surface area (Å²) in [6, 6.07) is 0. The molecule has 1 fully saturated rings. The predicted molar refractivity (Wildman–Crippen MR) is 66.5 cm³/mol. The third-order valence-electron chi connectivity index (χ3n) is 3.81. The van der Waals surface area contributed by atoms with Gasteiger partial charge in [-0.2, -0.15) is 0 Å². The minimum atomic E-state index is 0.365. The van der Waals surface area contributed by atoms with Gasteiger partial charge in [0, 0.05) is 13.7 Å². The average molecular weight is 229 g/mol. The number of methoxy groups -OCH3 is 1. The van der Waals surface area contributed by atoms with Crippen LogP contribution in [0.1, 0.15) is 44.9 Å². The van der Waals surface area contributed by atoms with Crippen LogP contribution < -0.4 is 5.73 Å². The molecule has 0 aromatic heterocycles. The summed E-state index contributed by atoms with van der Waals surface area (Å²) in [5.41, 5.74) is 6.33. The van der Waals surface area contributed by atoms with Gasteiger partial charge in [0.25, 0.3) is 0 Å². The van der Waals surface area contributed by atoms with Crippen molar-refractivity contribution in [2.24, 2.45) is 11.1 Å². The van der Waals surface area contributed by atoms with Gasteiger partial charge in [0.2, 0.25) is 0 Å². The monoisotopic (exact) mass is 229 g/mol. The topological polar surface area (TPSA) is 44.5 Å². The van der Waals surface area contributed by atoms with Crippen LogP contribution in [0, 0.1) is 5.41 Å². The number of hydrogen-bond donors (Lipinski definition) is 1. The Balaban J connectivity index is 2.22. The molecule has 1 aliphatic carbocycles. The first-order chi connectivity index (χ1) is 7.83. The van der Waals surface area contributed by atoms with Crippen molar-refractivity contribution in [1.82, 2.24) is 0 Å². The van der Waals surface area contributed by atoms with Gasteiger partial charge in [0.15, 0.2) is 0 Å². The highest BCUT2D eigenvalue weighted by atomic mass is 16.5. The van der Waals surface area contributed by atoms with E-state index in [2.05, 4.69) is 0 Å². The smallest absolute Gasteiger partial charge is 0.0700 e. The molecule has 0 amide bonds. The van der Waals surface area contributed by atoms with Gasteiger partial charge in [-0.3, -0.25) is 0 Å². The lowest BCUT2D eigenvalue weighted by atomic mass is 9.78. The Morgan fingerprint density at radius 3 is 2.25 bits per heavy atom. The van der Waals surface area contributed by atoms with Crippen molar-refractivity contribution in [1.29, 1.82) is 0 Å². The van der Waals surface area contributed by atoms with Crippen molar-refractivity contribution in [3.05, 3.63) is 0 Å². The average Bonchev–Trinajstić information content (AvgIpc) is 2.55. The van der Waals surface area contributed by atoms with Crippen LogP contribution in [0.4, 0.5) is 0 Å². The van der Waals surface area contributed by atoms with E-state index in [4.69, 9.17) is 15.2 Å². The Morgan fingerprint density at radius 2 is 1.69 bits per heavy atom. The zero-order chi connectivity index (χ0) is 11.7. The summed E-state index contributed by atoms with van der Waals surface area (Å²) < 4.78 is 10.5. The van der Waals surface area contributed by atoms with E-state index in [1.165, 1.54) is 38.5 Å². The normalized spacial score (nSPS) is 20.6. The summed E-state index contributed by atoms with van der Waals surface area (Å²) in [7, 11) is 1.70. The van der Waals surface area contributed by atoms with E-state index < -0.39 is 0 Å². The first-order valence-electron chi connectivity index (χ1n) is 6.60. The van der Waals surface area contributed by atoms with E-state index in [0.717, 1.165) is 19.6 Å². The van der Waals surface area contributed by atoms with Crippen molar-refractivity contribution in [3.63, 3.8) is 0 Å². The summed E-state index contributed by atoms with van der Waals surface area (Å²) in [5, 5.41) is 0. The van der Waals surface area contributed by atoms with E-state index in [0.29, 0.717) is 18.6 Å². The maximum atomic E-state index is 5.97. The van der Waals surface area contributed by atoms with E-state index >= 15 is 0 Å². The summed E-state index contributed by atoms with van der Waals surface area (Å²) in [6.07, 6.45) is 9.14. The molecule has 3 heteroatoms. The Morgan fingerprint density at radius 1 is 1.00 bits per heavy atom. The standard InChI is InChI=1S/C13H27NO2/c1-15-10-11-16-9-8-13(12-14)6-4-2-3-5-7-13/h2-12,14H2,1H3. The molecule has 0 atom stereocenters. The third-order valence-corrected chi connectivity index (χ3v) is 3.81. The van der Waals surface area contributed by atoms with Crippen molar-refractivity contribution < 1.29 is 9.47 Å². The minimum absolute atomic E-state index is 0.365. The molecule has 2 N–H and O–H groups in total. The second-order valence-electron chi connectivity index (χ2n) is 4.97. The lowest BCUT2D eigenvalue weighted by molar-refractivity contribution is 0.0489. The largest absolute Gasteiger partial charge is 0.382 e. The van der Waals surface area contributed by atoms with Crippen LogP contribution in [0.2, 0.25) is 0 Å². The molecule has 0 aliphatic heterocycles. The quantitative estimate of drug-likeness (QED) is 0.538. The maximum Gasteiger partial charge on any atom is 0.0700 e. The van der Waals surface area contributed by atoms with Crippen LogP contribution in [0.15, 0.2) is 0 Å². The molecule has 0 spiro atoms. The highest BCUT2D eigenvalue weighted by Crippen LogP contribution is 2.37. The van der Waals surface area contributed by atoms with Gasteiger partial charge in [-0.15, -0.1) is 0 Å². The predicted octanol–water partition coefficient (Wildman–Crippen LogP) is 2.34. The van der Waals surface area contributed by atoms with Crippen LogP contribution in [-0.2, 0) is 9.47 Å². The molecular formula is C13H27NO2. The number of nitrogens with two attached hydrogens (primary N) is 1. The maximum absolute atomic E-state index is 5.97. The minimum Gasteiger partial charge on any atom is -0.382 e. The van der Waals surface area contributed by atoms with Crippen molar-refractivity contribution >= 4 is 0 Å². The van der Waals surface area contributed by atoms with Crippen LogP contribution >= 0.6 is 0 Å². The van der Waals surface area contributed by atoms with E-state index in [9.17, 15) is 0 Å². The molecule has 0 bridgehead atoms. The highest BCUT2D eigenvalue weighted by molar-refractivity contribution is 4.82. The highest BCUT2D eigenvalue weighted by Gasteiger charge is 2.28. The summed E-state index contributed by atoms with van der Waals surface area (Å²) in [6.45, 7) is 3.05. The van der Waals surface area contributed by atoms with Crippen LogP contribution in [0.25, 0.3) is 0 Å². The molecule has 3 nitrogen and oxygen atoms in total. The van der Waals surface area contributed by atoms with E-state index in [-0.39, 0.29) is 0 Å². The van der Waals surface area contributed by atoms with Gasteiger partial charge < -0.3 is 15.2 Å². The number of hydrogen-bond acceptors (Lipinski definition) is 3. The Kier molecular flexibility index (Phi) is 7.01. The lowest BCUT2D eigenvalue weighted by Gasteiger charge is -2.31. The molecule has 1 rings (SSSR count). The van der Waals surface area contributed by atoms with Gasteiger partial charge >= 0.3 is 0 Å². The molecule has 0 saturated heterocycles. The SMILES string of the molecule is COCCOCCC1(CN)CCCCCC1. The van der Waals surface area contributed by atoms with Crippen molar-refractivity contribution in [2.75, 3.05) is 33.5 Å². The fraction of sp³-hybridized carbons (Fsp3) is 1.00. The molecule has 0 aromatic carbocycles. The Labute approximate surface area is 99.7 Å². The third kappa shape index (κ3) is 4.81. The van der Waals surface area contributed by atoms with Crippen molar-refractivity contribution in [2.45, 2.75) is 44.9 Å². The fourth-order valence-electron chi connectivity index (χ4n) is 2.57. The van der Waals surface area contributed by atoms with Crippen LogP contribution in [0.5, 0.6) is 0 Å². The first kappa shape index (κ1) is 13.9. The zero-order valence-electron chi connectivity index (χ0n) is 10.7. The second-order valence-corrected chi connectivity index (χ2v) is 4.97. The number of rotatable bonds is 7. The number of ether oxygens (including phenoxy) is 2. The van der Waals surface area contributed by atoms with Crippen LogP contribution in [0.3, 0.4) is 0 Å². The molecule has 96 valence electrons. The van der Waals surface area contributed by atoms with Gasteiger partial charge in [0.1, 0.15) is 0 Å². The molecule has 0 heterocycles.